The number of rotatable bonds is 6. The normalized spacial score (nSPS) is 11.7. The summed E-state index contributed by atoms with van der Waals surface area (Å²) >= 11 is 0. The van der Waals surface area contributed by atoms with Gasteiger partial charge in [-0.15, -0.1) is 0 Å². The van der Waals surface area contributed by atoms with E-state index in [9.17, 15) is 14.7 Å². The minimum Gasteiger partial charge on any atom is -0.508 e. The summed E-state index contributed by atoms with van der Waals surface area (Å²) in [5, 5.41) is 14.5. The third kappa shape index (κ3) is 5.22. The number of likely N-dealkylation sites (N-methyl/N-ethyl adjacent to an activating group) is 1. The van der Waals surface area contributed by atoms with Gasteiger partial charge in [-0.2, -0.15) is 0 Å². The Bertz CT molecular complexity index is 760. The van der Waals surface area contributed by atoms with Crippen molar-refractivity contribution in [2.75, 3.05) is 33.1 Å². The molecule has 0 saturated heterocycles. The standard InChI is InChI=1S/C19H23N3O4/c1-22(2)17(13-7-9-16(26-3)10-8-13)12-20-18(24)19(25)21-14-5-4-6-15(23)11-14/h4-11,17,23H,12H2,1-3H3,(H,20,24)(H,21,25)/t17-/m1/s1. The minimum absolute atomic E-state index is 0.00962. The Kier molecular flexibility index (Phi) is 6.57. The summed E-state index contributed by atoms with van der Waals surface area (Å²) in [6, 6.07) is 13.4. The molecular weight excluding hydrogens is 334 g/mol. The lowest BCUT2D eigenvalue weighted by Gasteiger charge is -2.25. The van der Waals surface area contributed by atoms with Crippen LogP contribution in [-0.2, 0) is 9.59 Å². The average Bonchev–Trinajstić information content (AvgIpc) is 2.62. The highest BCUT2D eigenvalue weighted by atomic mass is 16.5. The number of aromatic hydroxyl groups is 1. The SMILES string of the molecule is COc1ccc([C@@H](CNC(=O)C(=O)Nc2cccc(O)c2)N(C)C)cc1. The number of phenolic OH excluding ortho intramolecular Hbond substituents is 1. The lowest BCUT2D eigenvalue weighted by atomic mass is 10.1. The van der Waals surface area contributed by atoms with E-state index < -0.39 is 11.8 Å². The second-order valence-electron chi connectivity index (χ2n) is 5.97. The first kappa shape index (κ1) is 19.3. The van der Waals surface area contributed by atoms with Crippen LogP contribution in [0.1, 0.15) is 11.6 Å². The highest BCUT2D eigenvalue weighted by Gasteiger charge is 2.19. The molecule has 0 aliphatic carbocycles. The smallest absolute Gasteiger partial charge is 0.313 e. The summed E-state index contributed by atoms with van der Waals surface area (Å²) in [7, 11) is 5.39. The summed E-state index contributed by atoms with van der Waals surface area (Å²) in [6.45, 7) is 0.269. The van der Waals surface area contributed by atoms with Crippen LogP contribution in [0.15, 0.2) is 48.5 Å². The number of nitrogens with zero attached hydrogens (tertiary/aromatic N) is 1. The van der Waals surface area contributed by atoms with Crippen molar-refractivity contribution in [1.82, 2.24) is 10.2 Å². The van der Waals surface area contributed by atoms with E-state index >= 15 is 0 Å². The summed E-state index contributed by atoms with van der Waals surface area (Å²) in [5.41, 5.74) is 1.34. The molecule has 0 aliphatic rings. The lowest BCUT2D eigenvalue weighted by molar-refractivity contribution is -0.136. The Labute approximate surface area is 152 Å². The number of amides is 2. The van der Waals surface area contributed by atoms with Gasteiger partial charge in [0.2, 0.25) is 0 Å². The van der Waals surface area contributed by atoms with E-state index in [0.717, 1.165) is 11.3 Å². The number of benzene rings is 2. The fraction of sp³-hybridized carbons (Fsp3) is 0.263. The largest absolute Gasteiger partial charge is 0.508 e. The van der Waals surface area contributed by atoms with Crippen molar-refractivity contribution in [2.24, 2.45) is 0 Å². The van der Waals surface area contributed by atoms with Crippen molar-refractivity contribution in [3.05, 3.63) is 54.1 Å². The van der Waals surface area contributed by atoms with Crippen LogP contribution in [-0.4, -0.2) is 49.6 Å². The molecule has 0 radical (unpaired) electrons. The number of methoxy groups -OCH3 is 1. The molecule has 0 aromatic heterocycles. The number of nitrogens with one attached hydrogen (secondary N) is 2. The molecule has 0 saturated carbocycles. The van der Waals surface area contributed by atoms with Crippen LogP contribution < -0.4 is 15.4 Å². The maximum absolute atomic E-state index is 12.1. The van der Waals surface area contributed by atoms with Gasteiger partial charge in [0.15, 0.2) is 0 Å². The molecule has 2 amide bonds. The molecular formula is C19H23N3O4. The molecule has 0 heterocycles. The van der Waals surface area contributed by atoms with Crippen molar-refractivity contribution in [2.45, 2.75) is 6.04 Å². The van der Waals surface area contributed by atoms with Gasteiger partial charge in [0, 0.05) is 18.3 Å². The predicted octanol–water partition coefficient (Wildman–Crippen LogP) is 1.76. The summed E-state index contributed by atoms with van der Waals surface area (Å²) in [5.74, 6) is -0.771. The topological polar surface area (TPSA) is 90.9 Å². The number of hydrogen-bond donors (Lipinski definition) is 3. The van der Waals surface area contributed by atoms with E-state index in [1.54, 1.807) is 19.2 Å². The average molecular weight is 357 g/mol. The zero-order chi connectivity index (χ0) is 19.1. The van der Waals surface area contributed by atoms with Gasteiger partial charge in [-0.1, -0.05) is 18.2 Å². The molecule has 3 N–H and O–H groups in total. The van der Waals surface area contributed by atoms with Crippen LogP contribution in [0.25, 0.3) is 0 Å². The van der Waals surface area contributed by atoms with Crippen molar-refractivity contribution in [3.8, 4) is 11.5 Å². The van der Waals surface area contributed by atoms with Gasteiger partial charge >= 0.3 is 11.8 Å². The number of carbonyl (C=O) groups excluding carboxylic acids is 2. The van der Waals surface area contributed by atoms with E-state index in [0.29, 0.717) is 5.69 Å². The van der Waals surface area contributed by atoms with Crippen LogP contribution in [0.3, 0.4) is 0 Å². The van der Waals surface area contributed by atoms with Crippen molar-refractivity contribution >= 4 is 17.5 Å². The van der Waals surface area contributed by atoms with Crippen LogP contribution in [0, 0.1) is 0 Å². The Hall–Kier alpha value is -3.06. The monoisotopic (exact) mass is 357 g/mol. The maximum Gasteiger partial charge on any atom is 0.313 e. The zero-order valence-corrected chi connectivity index (χ0v) is 15.0. The second kappa shape index (κ2) is 8.87. The molecule has 0 unspecified atom stereocenters. The first-order valence-electron chi connectivity index (χ1n) is 8.09. The minimum atomic E-state index is -0.789. The van der Waals surface area contributed by atoms with E-state index in [-0.39, 0.29) is 18.3 Å². The van der Waals surface area contributed by atoms with Crippen molar-refractivity contribution in [1.29, 1.82) is 0 Å². The number of hydrogen-bond acceptors (Lipinski definition) is 5. The number of carbonyl (C=O) groups is 2. The molecule has 26 heavy (non-hydrogen) atoms. The molecule has 0 aliphatic heterocycles. The quantitative estimate of drug-likeness (QED) is 0.686. The van der Waals surface area contributed by atoms with E-state index in [4.69, 9.17) is 4.74 Å². The van der Waals surface area contributed by atoms with Crippen molar-refractivity contribution in [3.63, 3.8) is 0 Å². The molecule has 0 fully saturated rings. The Morgan fingerprint density at radius 1 is 1.12 bits per heavy atom. The third-order valence-corrected chi connectivity index (χ3v) is 3.89. The number of phenols is 1. The van der Waals surface area contributed by atoms with Crippen LogP contribution in [0.4, 0.5) is 5.69 Å². The number of anilines is 1. The van der Waals surface area contributed by atoms with Gasteiger partial charge in [0.1, 0.15) is 11.5 Å². The molecule has 0 spiro atoms. The van der Waals surface area contributed by atoms with Gasteiger partial charge in [-0.25, -0.2) is 0 Å². The fourth-order valence-corrected chi connectivity index (χ4v) is 2.47. The zero-order valence-electron chi connectivity index (χ0n) is 15.0. The van der Waals surface area contributed by atoms with E-state index in [1.807, 2.05) is 43.3 Å². The summed E-state index contributed by atoms with van der Waals surface area (Å²) in [6.07, 6.45) is 0. The fourth-order valence-electron chi connectivity index (χ4n) is 2.47. The molecule has 2 aromatic rings. The van der Waals surface area contributed by atoms with Gasteiger partial charge in [-0.05, 0) is 43.9 Å². The van der Waals surface area contributed by atoms with E-state index in [2.05, 4.69) is 10.6 Å². The molecule has 7 nitrogen and oxygen atoms in total. The maximum atomic E-state index is 12.1. The van der Waals surface area contributed by atoms with Crippen LogP contribution >= 0.6 is 0 Å². The third-order valence-electron chi connectivity index (χ3n) is 3.89. The first-order chi connectivity index (χ1) is 12.4. The van der Waals surface area contributed by atoms with E-state index in [1.165, 1.54) is 12.1 Å². The molecule has 7 heteroatoms. The summed E-state index contributed by atoms with van der Waals surface area (Å²) < 4.78 is 5.15. The second-order valence-corrected chi connectivity index (χ2v) is 5.97. The Morgan fingerprint density at radius 3 is 2.38 bits per heavy atom. The molecule has 138 valence electrons. The van der Waals surface area contributed by atoms with Crippen LogP contribution in [0.5, 0.6) is 11.5 Å². The van der Waals surface area contributed by atoms with Crippen molar-refractivity contribution < 1.29 is 19.4 Å². The highest BCUT2D eigenvalue weighted by Crippen LogP contribution is 2.20. The number of ether oxygens (including phenoxy) is 1. The van der Waals surface area contributed by atoms with Gasteiger partial charge in [0.05, 0.1) is 13.2 Å². The summed E-state index contributed by atoms with van der Waals surface area (Å²) in [4.78, 5) is 26.0. The van der Waals surface area contributed by atoms with Gasteiger partial charge in [0.25, 0.3) is 0 Å². The predicted molar refractivity (Wildman–Crippen MR) is 99.2 cm³/mol. The first-order valence-corrected chi connectivity index (χ1v) is 8.09. The van der Waals surface area contributed by atoms with Crippen LogP contribution in [0.2, 0.25) is 0 Å². The molecule has 2 rings (SSSR count). The van der Waals surface area contributed by atoms with Gasteiger partial charge < -0.3 is 25.4 Å². The molecule has 2 aromatic carbocycles. The highest BCUT2D eigenvalue weighted by molar-refractivity contribution is 6.39. The lowest BCUT2D eigenvalue weighted by Crippen LogP contribution is -2.40. The molecule has 0 bridgehead atoms. The Morgan fingerprint density at radius 2 is 1.81 bits per heavy atom. The Balaban J connectivity index is 1.96. The van der Waals surface area contributed by atoms with Gasteiger partial charge in [-0.3, -0.25) is 9.59 Å². The molecule has 1 atom stereocenters.